The molecule has 27 heavy (non-hydrogen) atoms. The molecule has 1 aromatic carbocycles. The van der Waals surface area contributed by atoms with Crippen LogP contribution in [0.4, 0.5) is 0 Å². The molecule has 0 spiro atoms. The Kier molecular flexibility index (Phi) is 5.59. The van der Waals surface area contributed by atoms with Crippen molar-refractivity contribution in [3.8, 4) is 0 Å². The zero-order valence-corrected chi connectivity index (χ0v) is 15.8. The Morgan fingerprint density at radius 2 is 2.04 bits per heavy atom. The van der Waals surface area contributed by atoms with Crippen molar-refractivity contribution in [3.05, 3.63) is 53.1 Å². The fourth-order valence-electron chi connectivity index (χ4n) is 3.21. The highest BCUT2D eigenvalue weighted by molar-refractivity contribution is 6.00. The lowest BCUT2D eigenvalue weighted by Gasteiger charge is -2.07. The Labute approximate surface area is 157 Å². The number of rotatable bonds is 7. The number of hydrogen-bond acceptors (Lipinski definition) is 4. The maximum Gasteiger partial charge on any atom is 0.340 e. The molecule has 0 unspecified atom stereocenters. The van der Waals surface area contributed by atoms with Crippen LogP contribution in [0, 0.1) is 13.8 Å². The molecule has 0 saturated heterocycles. The van der Waals surface area contributed by atoms with E-state index in [1.54, 1.807) is 20.8 Å². The van der Waals surface area contributed by atoms with Crippen LogP contribution in [0.1, 0.15) is 45.4 Å². The van der Waals surface area contributed by atoms with Crippen LogP contribution in [-0.2, 0) is 11.3 Å². The first-order chi connectivity index (χ1) is 13.0. The third kappa shape index (κ3) is 3.86. The van der Waals surface area contributed by atoms with Gasteiger partial charge in [0.05, 0.1) is 29.5 Å². The number of carbonyl (C=O) groups is 2. The second kappa shape index (κ2) is 8.07. The first-order valence-corrected chi connectivity index (χ1v) is 9.07. The molecule has 0 saturated carbocycles. The van der Waals surface area contributed by atoms with Gasteiger partial charge in [0.15, 0.2) is 0 Å². The third-order valence-electron chi connectivity index (χ3n) is 4.53. The summed E-state index contributed by atoms with van der Waals surface area (Å²) in [6.45, 7) is 6.86. The minimum absolute atomic E-state index is 0.221. The van der Waals surface area contributed by atoms with Gasteiger partial charge in [-0.05, 0) is 44.9 Å². The number of amides is 1. The van der Waals surface area contributed by atoms with Crippen molar-refractivity contribution in [2.24, 2.45) is 0 Å². The molecular weight excluding hydrogens is 344 g/mol. The zero-order valence-electron chi connectivity index (χ0n) is 15.8. The van der Waals surface area contributed by atoms with Crippen molar-refractivity contribution in [3.63, 3.8) is 0 Å². The maximum atomic E-state index is 12.5. The van der Waals surface area contributed by atoms with Gasteiger partial charge in [-0.2, -0.15) is 0 Å². The SMILES string of the molecule is CCOC(=O)c1c(C)[nH]c(C(=O)NCCCn2cnc3ccccc32)c1C. The molecule has 2 aromatic heterocycles. The molecule has 0 aliphatic carbocycles. The molecule has 142 valence electrons. The number of H-pyrrole nitrogens is 1. The quantitative estimate of drug-likeness (QED) is 0.496. The molecule has 0 atom stereocenters. The number of nitrogens with one attached hydrogen (secondary N) is 2. The molecule has 0 aliphatic heterocycles. The van der Waals surface area contributed by atoms with E-state index < -0.39 is 5.97 Å². The highest BCUT2D eigenvalue weighted by Gasteiger charge is 2.22. The fraction of sp³-hybridized carbons (Fsp3) is 0.350. The number of ether oxygens (including phenoxy) is 1. The normalized spacial score (nSPS) is 10.9. The number of benzene rings is 1. The van der Waals surface area contributed by atoms with Gasteiger partial charge in [0.25, 0.3) is 5.91 Å². The van der Waals surface area contributed by atoms with Crippen molar-refractivity contribution in [2.45, 2.75) is 33.7 Å². The predicted octanol–water partition coefficient (Wildman–Crippen LogP) is 2.98. The van der Waals surface area contributed by atoms with E-state index in [4.69, 9.17) is 4.74 Å². The highest BCUT2D eigenvalue weighted by atomic mass is 16.5. The van der Waals surface area contributed by atoms with Crippen molar-refractivity contribution >= 4 is 22.9 Å². The smallest absolute Gasteiger partial charge is 0.340 e. The summed E-state index contributed by atoms with van der Waals surface area (Å²) in [6.07, 6.45) is 2.59. The van der Waals surface area contributed by atoms with E-state index in [-0.39, 0.29) is 5.91 Å². The predicted molar refractivity (Wildman–Crippen MR) is 103 cm³/mol. The van der Waals surface area contributed by atoms with Crippen molar-refractivity contribution in [1.82, 2.24) is 19.9 Å². The number of nitrogens with zero attached hydrogens (tertiary/aromatic N) is 2. The van der Waals surface area contributed by atoms with Gasteiger partial charge in [-0.15, -0.1) is 0 Å². The number of carbonyl (C=O) groups excluding carboxylic acids is 2. The molecule has 0 fully saturated rings. The first-order valence-electron chi connectivity index (χ1n) is 9.07. The first kappa shape index (κ1) is 18.7. The number of hydrogen-bond donors (Lipinski definition) is 2. The van der Waals surface area contributed by atoms with Gasteiger partial charge >= 0.3 is 5.97 Å². The standard InChI is InChI=1S/C20H24N4O3/c1-4-27-20(26)17-13(2)18(23-14(17)3)19(25)21-10-7-11-24-12-22-15-8-5-6-9-16(15)24/h5-6,8-9,12,23H,4,7,10-11H2,1-3H3,(H,21,25). The fourth-order valence-corrected chi connectivity index (χ4v) is 3.21. The molecule has 0 radical (unpaired) electrons. The molecule has 1 amide bonds. The van der Waals surface area contributed by atoms with Crippen LogP contribution in [0.3, 0.4) is 0 Å². The summed E-state index contributed by atoms with van der Waals surface area (Å²) < 4.78 is 7.13. The monoisotopic (exact) mass is 368 g/mol. The van der Waals surface area contributed by atoms with E-state index in [1.165, 1.54) is 0 Å². The van der Waals surface area contributed by atoms with Crippen LogP contribution < -0.4 is 5.32 Å². The lowest BCUT2D eigenvalue weighted by molar-refractivity contribution is 0.0525. The van der Waals surface area contributed by atoms with E-state index in [1.807, 2.05) is 30.6 Å². The zero-order chi connectivity index (χ0) is 19.4. The number of esters is 1. The average molecular weight is 368 g/mol. The Morgan fingerprint density at radius 3 is 2.81 bits per heavy atom. The number of fused-ring (bicyclic) bond motifs is 1. The largest absolute Gasteiger partial charge is 0.462 e. The summed E-state index contributed by atoms with van der Waals surface area (Å²) in [5.74, 6) is -0.628. The minimum atomic E-state index is -0.408. The Bertz CT molecular complexity index is 971. The summed E-state index contributed by atoms with van der Waals surface area (Å²) >= 11 is 0. The van der Waals surface area contributed by atoms with Gasteiger partial charge in [-0.25, -0.2) is 9.78 Å². The summed E-state index contributed by atoms with van der Waals surface area (Å²) in [6, 6.07) is 7.96. The molecule has 2 heterocycles. The lowest BCUT2D eigenvalue weighted by Crippen LogP contribution is -2.26. The number of para-hydroxylation sites is 2. The summed E-state index contributed by atoms with van der Waals surface area (Å²) in [7, 11) is 0. The summed E-state index contributed by atoms with van der Waals surface area (Å²) in [5, 5.41) is 2.91. The molecule has 0 bridgehead atoms. The Hall–Kier alpha value is -3.09. The molecule has 2 N–H and O–H groups in total. The Morgan fingerprint density at radius 1 is 1.26 bits per heavy atom. The van der Waals surface area contributed by atoms with E-state index >= 15 is 0 Å². The summed E-state index contributed by atoms with van der Waals surface area (Å²) in [5.41, 5.74) is 4.14. The van der Waals surface area contributed by atoms with Crippen molar-refractivity contribution in [2.75, 3.05) is 13.2 Å². The number of aromatic amines is 1. The van der Waals surface area contributed by atoms with E-state index in [0.717, 1.165) is 24.0 Å². The molecule has 7 nitrogen and oxygen atoms in total. The molecule has 7 heteroatoms. The molecule has 0 aliphatic rings. The van der Waals surface area contributed by atoms with Crippen LogP contribution in [-0.4, -0.2) is 39.6 Å². The van der Waals surface area contributed by atoms with Crippen LogP contribution in [0.15, 0.2) is 30.6 Å². The van der Waals surface area contributed by atoms with Crippen LogP contribution >= 0.6 is 0 Å². The highest BCUT2D eigenvalue weighted by Crippen LogP contribution is 2.19. The van der Waals surface area contributed by atoms with E-state index in [9.17, 15) is 9.59 Å². The minimum Gasteiger partial charge on any atom is -0.462 e. The van der Waals surface area contributed by atoms with Gasteiger partial charge < -0.3 is 19.6 Å². The van der Waals surface area contributed by atoms with Crippen molar-refractivity contribution in [1.29, 1.82) is 0 Å². The van der Waals surface area contributed by atoms with Crippen LogP contribution in [0.2, 0.25) is 0 Å². The number of aryl methyl sites for hydroxylation is 2. The van der Waals surface area contributed by atoms with Gasteiger partial charge in [-0.3, -0.25) is 4.79 Å². The molecule has 3 rings (SSSR count). The van der Waals surface area contributed by atoms with E-state index in [0.29, 0.717) is 35.7 Å². The van der Waals surface area contributed by atoms with Gasteiger partial charge in [0.1, 0.15) is 5.69 Å². The lowest BCUT2D eigenvalue weighted by atomic mass is 10.1. The Balaban J connectivity index is 1.58. The molecular formula is C20H24N4O3. The van der Waals surface area contributed by atoms with Crippen molar-refractivity contribution < 1.29 is 14.3 Å². The van der Waals surface area contributed by atoms with Gasteiger partial charge in [0, 0.05) is 18.8 Å². The van der Waals surface area contributed by atoms with Gasteiger partial charge in [-0.1, -0.05) is 12.1 Å². The average Bonchev–Trinajstić information content (AvgIpc) is 3.19. The molecule has 3 aromatic rings. The maximum absolute atomic E-state index is 12.5. The number of imidazole rings is 1. The topological polar surface area (TPSA) is 89.0 Å². The second-order valence-electron chi connectivity index (χ2n) is 6.38. The van der Waals surface area contributed by atoms with Crippen LogP contribution in [0.5, 0.6) is 0 Å². The third-order valence-corrected chi connectivity index (χ3v) is 4.53. The van der Waals surface area contributed by atoms with E-state index in [2.05, 4.69) is 19.9 Å². The van der Waals surface area contributed by atoms with Gasteiger partial charge in [0.2, 0.25) is 0 Å². The number of aromatic nitrogens is 3. The second-order valence-corrected chi connectivity index (χ2v) is 6.38. The summed E-state index contributed by atoms with van der Waals surface area (Å²) in [4.78, 5) is 31.9. The van der Waals surface area contributed by atoms with Crippen LogP contribution in [0.25, 0.3) is 11.0 Å².